The van der Waals surface area contributed by atoms with Gasteiger partial charge in [-0.2, -0.15) is 5.10 Å². The molecule has 7 nitrogen and oxygen atoms in total. The molecule has 1 fully saturated rings. The molecule has 34 heavy (non-hydrogen) atoms. The molecule has 0 unspecified atom stereocenters. The van der Waals surface area contributed by atoms with E-state index in [1.165, 1.54) is 6.07 Å². The highest BCUT2D eigenvalue weighted by atomic mass is 19.1. The summed E-state index contributed by atoms with van der Waals surface area (Å²) < 4.78 is 21.6. The number of anilines is 1. The molecule has 2 aromatic heterocycles. The first-order valence-electron chi connectivity index (χ1n) is 11.1. The summed E-state index contributed by atoms with van der Waals surface area (Å²) in [6.45, 7) is 4.26. The average Bonchev–Trinajstić information content (AvgIpc) is 3.48. The lowest BCUT2D eigenvalue weighted by Crippen LogP contribution is -2.23. The van der Waals surface area contributed by atoms with Gasteiger partial charge in [-0.3, -0.25) is 9.69 Å². The standard InChI is InChI=1S/C26H24FN5O2/c1-2-3-13-31-14-12-18(15-31)32-16-20(23-24(32)26(33)30-29-25(23)28)17-8-10-19(11-9-17)34-22-7-5-4-6-21(22)27/h4-11,16,18H,12-15H2,1H3,(H2,28,29)(H,30,33)/t18-/m0/s1. The molecule has 1 saturated heterocycles. The summed E-state index contributed by atoms with van der Waals surface area (Å²) in [7, 11) is 0. The van der Waals surface area contributed by atoms with E-state index in [9.17, 15) is 9.18 Å². The molecule has 4 aromatic rings. The number of nitrogens with one attached hydrogen (secondary N) is 1. The van der Waals surface area contributed by atoms with Crippen molar-refractivity contribution < 1.29 is 9.13 Å². The minimum Gasteiger partial charge on any atom is -0.454 e. The predicted octanol–water partition coefficient (Wildman–Crippen LogP) is 4.18. The van der Waals surface area contributed by atoms with Crippen molar-refractivity contribution in [2.24, 2.45) is 0 Å². The van der Waals surface area contributed by atoms with Crippen LogP contribution in [-0.4, -0.2) is 39.3 Å². The van der Waals surface area contributed by atoms with Crippen LogP contribution in [0, 0.1) is 17.7 Å². The first-order chi connectivity index (χ1) is 16.5. The number of aromatic nitrogens is 3. The third-order valence-electron chi connectivity index (χ3n) is 6.13. The third kappa shape index (κ3) is 4.02. The molecule has 1 atom stereocenters. The molecule has 1 aliphatic rings. The zero-order valence-corrected chi connectivity index (χ0v) is 18.7. The number of aromatic amines is 1. The summed E-state index contributed by atoms with van der Waals surface area (Å²) in [6.07, 6.45) is 2.88. The Kier molecular flexibility index (Phi) is 5.78. The van der Waals surface area contributed by atoms with Gasteiger partial charge >= 0.3 is 0 Å². The van der Waals surface area contributed by atoms with E-state index in [-0.39, 0.29) is 23.2 Å². The van der Waals surface area contributed by atoms with E-state index in [1.54, 1.807) is 30.3 Å². The molecule has 0 bridgehead atoms. The Morgan fingerprint density at radius 1 is 1.24 bits per heavy atom. The molecular weight excluding hydrogens is 433 g/mol. The van der Waals surface area contributed by atoms with Gasteiger partial charge in [-0.05, 0) is 43.2 Å². The molecule has 0 saturated carbocycles. The fourth-order valence-corrected chi connectivity index (χ4v) is 4.47. The number of benzene rings is 2. The van der Waals surface area contributed by atoms with E-state index < -0.39 is 5.82 Å². The van der Waals surface area contributed by atoms with Crippen LogP contribution < -0.4 is 16.0 Å². The van der Waals surface area contributed by atoms with Gasteiger partial charge in [-0.15, -0.1) is 5.92 Å². The number of hydrogen-bond donors (Lipinski definition) is 2. The van der Waals surface area contributed by atoms with Crippen LogP contribution in [0.1, 0.15) is 19.4 Å². The van der Waals surface area contributed by atoms with Crippen molar-refractivity contribution in [2.75, 3.05) is 25.4 Å². The first kappa shape index (κ1) is 21.7. The molecule has 2 aromatic carbocycles. The number of nitrogens with zero attached hydrogens (tertiary/aromatic N) is 3. The number of fused-ring (bicyclic) bond motifs is 1. The lowest BCUT2D eigenvalue weighted by molar-refractivity contribution is 0.364. The summed E-state index contributed by atoms with van der Waals surface area (Å²) in [5.41, 5.74) is 8.14. The van der Waals surface area contributed by atoms with Gasteiger partial charge in [0, 0.05) is 30.9 Å². The first-order valence-corrected chi connectivity index (χ1v) is 11.1. The molecule has 0 radical (unpaired) electrons. The van der Waals surface area contributed by atoms with Crippen molar-refractivity contribution in [3.05, 3.63) is 70.9 Å². The number of likely N-dealkylation sites (tertiary alicyclic amines) is 1. The summed E-state index contributed by atoms with van der Waals surface area (Å²) in [6, 6.07) is 13.7. The van der Waals surface area contributed by atoms with Crippen LogP contribution in [0.15, 0.2) is 59.5 Å². The van der Waals surface area contributed by atoms with Gasteiger partial charge in [-0.25, -0.2) is 9.49 Å². The molecule has 0 aliphatic carbocycles. The Morgan fingerprint density at radius 3 is 2.79 bits per heavy atom. The quantitative estimate of drug-likeness (QED) is 0.439. The number of para-hydroxylation sites is 1. The van der Waals surface area contributed by atoms with Crippen LogP contribution in [-0.2, 0) is 0 Å². The monoisotopic (exact) mass is 457 g/mol. The fraction of sp³-hybridized carbons (Fsp3) is 0.231. The van der Waals surface area contributed by atoms with E-state index in [0.29, 0.717) is 23.2 Å². The number of hydrogen-bond acceptors (Lipinski definition) is 5. The minimum absolute atomic E-state index is 0.126. The van der Waals surface area contributed by atoms with Gasteiger partial charge in [0.2, 0.25) is 0 Å². The topological polar surface area (TPSA) is 89.2 Å². The second-order valence-electron chi connectivity index (χ2n) is 8.27. The molecule has 3 N–H and O–H groups in total. The number of nitrogen functional groups attached to an aromatic ring is 1. The Bertz CT molecular complexity index is 1460. The summed E-state index contributed by atoms with van der Waals surface area (Å²) in [5.74, 6) is 6.55. The van der Waals surface area contributed by atoms with Crippen LogP contribution >= 0.6 is 0 Å². The highest BCUT2D eigenvalue weighted by Gasteiger charge is 2.27. The maximum Gasteiger partial charge on any atom is 0.288 e. The molecule has 0 spiro atoms. The normalized spacial score (nSPS) is 15.9. The fourth-order valence-electron chi connectivity index (χ4n) is 4.47. The summed E-state index contributed by atoms with van der Waals surface area (Å²) in [5, 5.41) is 7.14. The van der Waals surface area contributed by atoms with Gasteiger partial charge in [0.25, 0.3) is 5.56 Å². The van der Waals surface area contributed by atoms with Gasteiger partial charge in [0.1, 0.15) is 11.3 Å². The minimum atomic E-state index is -0.428. The molecule has 3 heterocycles. The maximum atomic E-state index is 13.9. The number of halogens is 1. The molecule has 172 valence electrons. The van der Waals surface area contributed by atoms with Crippen molar-refractivity contribution in [3.8, 4) is 34.5 Å². The van der Waals surface area contributed by atoms with Crippen molar-refractivity contribution in [1.29, 1.82) is 0 Å². The maximum absolute atomic E-state index is 13.9. The van der Waals surface area contributed by atoms with Crippen LogP contribution in [0.2, 0.25) is 0 Å². The zero-order valence-electron chi connectivity index (χ0n) is 18.7. The van der Waals surface area contributed by atoms with E-state index >= 15 is 0 Å². The Hall–Kier alpha value is -4.09. The lowest BCUT2D eigenvalue weighted by Gasteiger charge is -2.15. The smallest absolute Gasteiger partial charge is 0.288 e. The van der Waals surface area contributed by atoms with Gasteiger partial charge < -0.3 is 15.0 Å². The molecule has 0 amide bonds. The number of nitrogens with two attached hydrogens (primary N) is 1. The van der Waals surface area contributed by atoms with E-state index in [2.05, 4.69) is 26.9 Å². The molecule has 1 aliphatic heterocycles. The summed E-state index contributed by atoms with van der Waals surface area (Å²) in [4.78, 5) is 15.1. The highest BCUT2D eigenvalue weighted by Crippen LogP contribution is 2.36. The molecule has 8 heteroatoms. The zero-order chi connectivity index (χ0) is 23.7. The second-order valence-corrected chi connectivity index (χ2v) is 8.27. The number of ether oxygens (including phenoxy) is 1. The van der Waals surface area contributed by atoms with Crippen LogP contribution in [0.5, 0.6) is 11.5 Å². The van der Waals surface area contributed by atoms with Crippen molar-refractivity contribution >= 4 is 16.7 Å². The summed E-state index contributed by atoms with van der Waals surface area (Å²) >= 11 is 0. The molecular formula is C26H24FN5O2. The van der Waals surface area contributed by atoms with E-state index in [4.69, 9.17) is 10.5 Å². The Morgan fingerprint density at radius 2 is 2.03 bits per heavy atom. The van der Waals surface area contributed by atoms with Crippen LogP contribution in [0.3, 0.4) is 0 Å². The van der Waals surface area contributed by atoms with Crippen molar-refractivity contribution in [1.82, 2.24) is 19.7 Å². The lowest BCUT2D eigenvalue weighted by atomic mass is 10.1. The largest absolute Gasteiger partial charge is 0.454 e. The predicted molar refractivity (Wildman–Crippen MR) is 130 cm³/mol. The van der Waals surface area contributed by atoms with E-state index in [0.717, 1.165) is 30.6 Å². The number of rotatable bonds is 5. The average molecular weight is 458 g/mol. The second kappa shape index (κ2) is 9.04. The van der Waals surface area contributed by atoms with Crippen LogP contribution in [0.25, 0.3) is 22.0 Å². The SMILES string of the molecule is CC#CCN1CC[C@H](n2cc(-c3ccc(Oc4ccccc4F)cc3)c3c(N)n[nH]c(=O)c32)C1. The number of H-pyrrole nitrogens is 1. The van der Waals surface area contributed by atoms with Crippen molar-refractivity contribution in [2.45, 2.75) is 19.4 Å². The highest BCUT2D eigenvalue weighted by molar-refractivity contribution is 6.02. The molecule has 5 rings (SSSR count). The van der Waals surface area contributed by atoms with Gasteiger partial charge in [0.05, 0.1) is 11.9 Å². The van der Waals surface area contributed by atoms with Crippen molar-refractivity contribution in [3.63, 3.8) is 0 Å². The van der Waals surface area contributed by atoms with Crippen LogP contribution in [0.4, 0.5) is 10.2 Å². The Labute approximate surface area is 196 Å². The van der Waals surface area contributed by atoms with Gasteiger partial charge in [-0.1, -0.05) is 30.2 Å². The Balaban J connectivity index is 1.51. The van der Waals surface area contributed by atoms with E-state index in [1.807, 2.05) is 29.8 Å². The van der Waals surface area contributed by atoms with Gasteiger partial charge in [0.15, 0.2) is 17.4 Å². The third-order valence-corrected chi connectivity index (χ3v) is 6.13.